The molecule has 0 radical (unpaired) electrons. The predicted octanol–water partition coefficient (Wildman–Crippen LogP) is 11.0. The molecule has 0 atom stereocenters. The van der Waals surface area contributed by atoms with E-state index in [9.17, 15) is 0 Å². The Morgan fingerprint density at radius 3 is 0.828 bits per heavy atom. The molecule has 10 rings (SSSR count). The van der Waals surface area contributed by atoms with Gasteiger partial charge in [0.25, 0.3) is 0 Å². The number of aliphatic imine (C=N–C) groups is 4. The second kappa shape index (κ2) is 14.3. The number of hydrogen-bond acceptors (Lipinski definition) is 6. The number of rotatable bonds is 9. The molecule has 0 spiro atoms. The van der Waals surface area contributed by atoms with Crippen LogP contribution in [0.1, 0.15) is 33.4 Å². The monoisotopic (exact) mass is 750 g/mol. The molecule has 8 aromatic rings. The first-order chi connectivity index (χ1) is 28.6. The summed E-state index contributed by atoms with van der Waals surface area (Å²) >= 11 is 0. The fourth-order valence-electron chi connectivity index (χ4n) is 8.53. The maximum Gasteiger partial charge on any atom is 0.227 e. The molecular formula is C52H38N4O2. The molecular weight excluding hydrogens is 713 g/mol. The minimum Gasteiger partial charge on any atom is -0.496 e. The molecule has 6 nitrogen and oxygen atoms in total. The Kier molecular flexibility index (Phi) is 8.60. The molecule has 0 saturated carbocycles. The van der Waals surface area contributed by atoms with Crippen molar-refractivity contribution in [3.05, 3.63) is 228 Å². The highest BCUT2D eigenvalue weighted by atomic mass is 16.5. The van der Waals surface area contributed by atoms with Crippen LogP contribution in [0, 0.1) is 0 Å². The lowest BCUT2D eigenvalue weighted by Gasteiger charge is -2.39. The average Bonchev–Trinajstić information content (AvgIpc) is 3.92. The molecule has 2 aliphatic heterocycles. The third-order valence-corrected chi connectivity index (χ3v) is 11.2. The van der Waals surface area contributed by atoms with Gasteiger partial charge in [-0.3, -0.25) is 0 Å². The van der Waals surface area contributed by atoms with Gasteiger partial charge in [-0.2, -0.15) is 0 Å². The van der Waals surface area contributed by atoms with E-state index in [1.54, 1.807) is 14.2 Å². The Bertz CT molecular complexity index is 2640. The lowest BCUT2D eigenvalue weighted by atomic mass is 9.78. The van der Waals surface area contributed by atoms with Crippen LogP contribution in [-0.4, -0.2) is 37.1 Å². The molecule has 0 N–H and O–H groups in total. The molecule has 278 valence electrons. The quantitative estimate of drug-likeness (QED) is 0.147. The van der Waals surface area contributed by atoms with Crippen molar-refractivity contribution in [1.82, 2.24) is 0 Å². The fraction of sp³-hybridized carbons (Fsp3) is 0.0769. The number of benzene rings is 8. The maximum atomic E-state index is 5.99. The Labute approximate surface area is 337 Å². The van der Waals surface area contributed by atoms with Gasteiger partial charge in [0.15, 0.2) is 0 Å². The number of hydrogen-bond donors (Lipinski definition) is 0. The number of nitrogens with zero attached hydrogens (tertiary/aromatic N) is 4. The van der Waals surface area contributed by atoms with Crippen molar-refractivity contribution >= 4 is 44.4 Å². The van der Waals surface area contributed by atoms with Crippen LogP contribution in [0.4, 0.5) is 0 Å². The molecule has 8 aromatic carbocycles. The molecule has 0 aromatic heterocycles. The minimum absolute atomic E-state index is 0.753. The van der Waals surface area contributed by atoms with E-state index in [2.05, 4.69) is 97.1 Å². The van der Waals surface area contributed by atoms with Crippen molar-refractivity contribution in [3.63, 3.8) is 0 Å². The maximum absolute atomic E-state index is 5.99. The first kappa shape index (κ1) is 35.0. The smallest absolute Gasteiger partial charge is 0.227 e. The molecule has 2 heterocycles. The summed E-state index contributed by atoms with van der Waals surface area (Å²) in [6.45, 7) is 0. The van der Waals surface area contributed by atoms with Crippen molar-refractivity contribution in [2.24, 2.45) is 20.0 Å². The minimum atomic E-state index is -1.50. The Morgan fingerprint density at radius 2 is 0.552 bits per heavy atom. The summed E-state index contributed by atoms with van der Waals surface area (Å²) in [6, 6.07) is 66.1. The highest BCUT2D eigenvalue weighted by Gasteiger charge is 2.61. The standard InChI is InChI=1S/C52H38N4O2/c1-57-45-33-31-43(39-27-15-17-29-41(39)45)51(53-47(35-19-7-3-8-20-35)48(54-51)36-21-9-4-10-22-36)52(44-32-34-46(58-2)42-30-18-16-28-40(42)44)55-49(37-23-11-5-12-24-37)50(56-52)38-25-13-6-14-26-38/h3-34H,1-2H3. The van der Waals surface area contributed by atoms with Crippen LogP contribution in [0.25, 0.3) is 21.5 Å². The first-order valence-corrected chi connectivity index (χ1v) is 19.4. The second-order valence-corrected chi connectivity index (χ2v) is 14.4. The topological polar surface area (TPSA) is 67.9 Å². The van der Waals surface area contributed by atoms with E-state index in [1.807, 2.05) is 97.1 Å². The summed E-state index contributed by atoms with van der Waals surface area (Å²) in [4.78, 5) is 23.9. The van der Waals surface area contributed by atoms with Gasteiger partial charge >= 0.3 is 0 Å². The highest BCUT2D eigenvalue weighted by Crippen LogP contribution is 2.57. The normalized spacial score (nSPS) is 15.4. The van der Waals surface area contributed by atoms with Crippen LogP contribution in [0.3, 0.4) is 0 Å². The van der Waals surface area contributed by atoms with E-state index in [4.69, 9.17) is 29.4 Å². The van der Waals surface area contributed by atoms with Crippen LogP contribution in [0.2, 0.25) is 0 Å². The molecule has 0 saturated heterocycles. The van der Waals surface area contributed by atoms with E-state index in [0.29, 0.717) is 0 Å². The molecule has 2 aliphatic rings. The summed E-state index contributed by atoms with van der Waals surface area (Å²) in [5, 5.41) is 3.75. The van der Waals surface area contributed by atoms with Gasteiger partial charge in [-0.05, 0) is 22.9 Å². The summed E-state index contributed by atoms with van der Waals surface area (Å²) < 4.78 is 12.0. The first-order valence-electron chi connectivity index (χ1n) is 19.4. The van der Waals surface area contributed by atoms with Crippen molar-refractivity contribution < 1.29 is 9.47 Å². The summed E-state index contributed by atoms with van der Waals surface area (Å²) in [7, 11) is 3.41. The molecule has 0 unspecified atom stereocenters. The zero-order valence-electron chi connectivity index (χ0n) is 32.1. The van der Waals surface area contributed by atoms with Crippen LogP contribution < -0.4 is 9.47 Å². The predicted molar refractivity (Wildman–Crippen MR) is 236 cm³/mol. The largest absolute Gasteiger partial charge is 0.496 e. The second-order valence-electron chi connectivity index (χ2n) is 14.4. The summed E-state index contributed by atoms with van der Waals surface area (Å²) in [5.74, 6) is 1.51. The van der Waals surface area contributed by atoms with Crippen LogP contribution in [0.15, 0.2) is 214 Å². The number of ether oxygens (including phenoxy) is 2. The van der Waals surface area contributed by atoms with E-state index < -0.39 is 11.3 Å². The third-order valence-electron chi connectivity index (χ3n) is 11.2. The van der Waals surface area contributed by atoms with E-state index in [1.165, 1.54) is 0 Å². The lowest BCUT2D eigenvalue weighted by molar-refractivity contribution is 0.261. The van der Waals surface area contributed by atoms with Crippen LogP contribution in [0.5, 0.6) is 11.5 Å². The molecule has 6 heteroatoms. The van der Waals surface area contributed by atoms with E-state index in [0.717, 1.165) is 89.3 Å². The summed E-state index contributed by atoms with van der Waals surface area (Å²) in [6.07, 6.45) is 0. The van der Waals surface area contributed by atoms with Crippen molar-refractivity contribution in [2.75, 3.05) is 14.2 Å². The van der Waals surface area contributed by atoms with Crippen LogP contribution >= 0.6 is 0 Å². The zero-order chi connectivity index (χ0) is 39.1. The van der Waals surface area contributed by atoms with Gasteiger partial charge in [0.2, 0.25) is 11.3 Å². The lowest BCUT2D eigenvalue weighted by Crippen LogP contribution is -2.43. The van der Waals surface area contributed by atoms with Gasteiger partial charge < -0.3 is 9.47 Å². The molecule has 58 heavy (non-hydrogen) atoms. The van der Waals surface area contributed by atoms with E-state index >= 15 is 0 Å². The molecule has 0 bridgehead atoms. The van der Waals surface area contributed by atoms with Gasteiger partial charge in [-0.25, -0.2) is 20.0 Å². The third kappa shape index (κ3) is 5.48. The van der Waals surface area contributed by atoms with Gasteiger partial charge in [-0.15, -0.1) is 0 Å². The molecule has 0 amide bonds. The molecule has 0 fully saturated rings. The Hall–Kier alpha value is -7.44. The van der Waals surface area contributed by atoms with Crippen LogP contribution in [-0.2, 0) is 11.3 Å². The van der Waals surface area contributed by atoms with Gasteiger partial charge in [0, 0.05) is 44.2 Å². The molecule has 0 aliphatic carbocycles. The average molecular weight is 751 g/mol. The Balaban J connectivity index is 1.44. The number of fused-ring (bicyclic) bond motifs is 2. The van der Waals surface area contributed by atoms with Gasteiger partial charge in [0.1, 0.15) is 11.5 Å². The van der Waals surface area contributed by atoms with Gasteiger partial charge in [-0.1, -0.05) is 182 Å². The SMILES string of the molecule is COc1ccc(C2(C3(c4ccc(OC)c5ccccc45)N=C(c4ccccc4)C(c4ccccc4)=N3)N=C(c3ccccc3)C(c3ccccc3)=N2)c2ccccc12. The summed E-state index contributed by atoms with van der Waals surface area (Å²) in [5.41, 5.74) is 5.48. The number of methoxy groups -OCH3 is 2. The van der Waals surface area contributed by atoms with Crippen molar-refractivity contribution in [1.29, 1.82) is 0 Å². The Morgan fingerprint density at radius 1 is 0.293 bits per heavy atom. The van der Waals surface area contributed by atoms with Gasteiger partial charge in [0.05, 0.1) is 37.1 Å². The zero-order valence-corrected chi connectivity index (χ0v) is 32.1. The highest BCUT2D eigenvalue weighted by molar-refractivity contribution is 6.56. The fourth-order valence-corrected chi connectivity index (χ4v) is 8.53. The van der Waals surface area contributed by atoms with Crippen molar-refractivity contribution in [2.45, 2.75) is 11.3 Å². The van der Waals surface area contributed by atoms with E-state index in [-0.39, 0.29) is 0 Å². The van der Waals surface area contributed by atoms with Crippen molar-refractivity contribution in [3.8, 4) is 11.5 Å².